The van der Waals surface area contributed by atoms with Crippen LogP contribution in [0.4, 0.5) is 13.2 Å². The maximum Gasteiger partial charge on any atom is 0.573 e. The second kappa shape index (κ2) is 9.28. The van der Waals surface area contributed by atoms with Crippen LogP contribution in [0.25, 0.3) is 5.69 Å². The van der Waals surface area contributed by atoms with E-state index in [1.165, 1.54) is 23.9 Å². The molecule has 3 aromatic rings. The summed E-state index contributed by atoms with van der Waals surface area (Å²) in [6.07, 6.45) is -4.70. The van der Waals surface area contributed by atoms with Crippen molar-refractivity contribution in [3.8, 4) is 11.4 Å². The molecule has 3 rings (SSSR count). The zero-order valence-corrected chi connectivity index (χ0v) is 18.1. The molecule has 0 saturated carbocycles. The first-order valence-corrected chi connectivity index (χ1v) is 10.4. The van der Waals surface area contributed by atoms with E-state index >= 15 is 0 Å². The number of hydrogen-bond donors (Lipinski definition) is 0. The van der Waals surface area contributed by atoms with Crippen LogP contribution in [0.2, 0.25) is 5.02 Å². The van der Waals surface area contributed by atoms with Crippen molar-refractivity contribution in [3.63, 3.8) is 0 Å². The third-order valence-corrected chi connectivity index (χ3v) is 5.67. The van der Waals surface area contributed by atoms with E-state index < -0.39 is 6.36 Å². The topological polar surface area (TPSA) is 43.2 Å². The molecular formula is C20H20ClF3N4OS. The van der Waals surface area contributed by atoms with Crippen molar-refractivity contribution in [2.75, 3.05) is 14.1 Å². The lowest BCUT2D eigenvalue weighted by atomic mass is 10.2. The van der Waals surface area contributed by atoms with Gasteiger partial charge in [0.2, 0.25) is 0 Å². The standard InChI is InChI=1S/C20H20ClF3N4OS/c1-13(27(2)3)18-25-26-19(28(18)16-8-6-15(21)7-9-16)30-12-14-4-10-17(11-5-14)29-20(22,23)24/h4-11,13H,12H2,1-3H3/t13-/m0/s1. The van der Waals surface area contributed by atoms with E-state index in [0.717, 1.165) is 17.1 Å². The highest BCUT2D eigenvalue weighted by atomic mass is 35.5. The van der Waals surface area contributed by atoms with Gasteiger partial charge in [-0.2, -0.15) is 0 Å². The van der Waals surface area contributed by atoms with Crippen molar-refractivity contribution in [3.05, 3.63) is 64.9 Å². The van der Waals surface area contributed by atoms with Gasteiger partial charge in [0.05, 0.1) is 6.04 Å². The van der Waals surface area contributed by atoms with Gasteiger partial charge >= 0.3 is 6.36 Å². The van der Waals surface area contributed by atoms with Crippen LogP contribution in [0.1, 0.15) is 24.4 Å². The van der Waals surface area contributed by atoms with Gasteiger partial charge in [-0.3, -0.25) is 9.47 Å². The van der Waals surface area contributed by atoms with Crippen LogP contribution in [0.15, 0.2) is 53.7 Å². The number of thioether (sulfide) groups is 1. The highest BCUT2D eigenvalue weighted by Gasteiger charge is 2.31. The van der Waals surface area contributed by atoms with E-state index in [4.69, 9.17) is 11.6 Å². The fourth-order valence-electron chi connectivity index (χ4n) is 2.64. The van der Waals surface area contributed by atoms with Gasteiger partial charge in [0.1, 0.15) is 5.75 Å². The summed E-state index contributed by atoms with van der Waals surface area (Å²) in [6, 6.07) is 13.2. The molecule has 0 N–H and O–H groups in total. The molecule has 0 aliphatic heterocycles. The lowest BCUT2D eigenvalue weighted by Gasteiger charge is -2.20. The zero-order valence-electron chi connectivity index (χ0n) is 16.5. The average molecular weight is 457 g/mol. The SMILES string of the molecule is C[C@@H](c1nnc(SCc2ccc(OC(F)(F)F)cc2)n1-c1ccc(Cl)cc1)N(C)C. The Kier molecular flexibility index (Phi) is 6.95. The molecule has 0 spiro atoms. The van der Waals surface area contributed by atoms with Crippen LogP contribution in [0, 0.1) is 0 Å². The first-order valence-electron chi connectivity index (χ1n) is 8.99. The van der Waals surface area contributed by atoms with E-state index in [0.29, 0.717) is 15.9 Å². The average Bonchev–Trinajstić information content (AvgIpc) is 3.10. The van der Waals surface area contributed by atoms with Crippen LogP contribution in [0.5, 0.6) is 5.75 Å². The van der Waals surface area contributed by atoms with Crippen molar-refractivity contribution < 1.29 is 17.9 Å². The number of alkyl halides is 3. The lowest BCUT2D eigenvalue weighted by molar-refractivity contribution is -0.274. The molecule has 0 radical (unpaired) electrons. The third kappa shape index (κ3) is 5.68. The number of aromatic nitrogens is 3. The number of hydrogen-bond acceptors (Lipinski definition) is 5. The first-order chi connectivity index (χ1) is 14.1. The fourth-order valence-corrected chi connectivity index (χ4v) is 3.69. The highest BCUT2D eigenvalue weighted by molar-refractivity contribution is 7.98. The number of nitrogens with zero attached hydrogens (tertiary/aromatic N) is 4. The Morgan fingerprint density at radius 3 is 2.27 bits per heavy atom. The summed E-state index contributed by atoms with van der Waals surface area (Å²) in [6.45, 7) is 2.03. The predicted molar refractivity (Wildman–Crippen MR) is 111 cm³/mol. The normalized spacial score (nSPS) is 12.9. The summed E-state index contributed by atoms with van der Waals surface area (Å²) < 4.78 is 42.8. The summed E-state index contributed by atoms with van der Waals surface area (Å²) in [5, 5.41) is 10.0. The number of rotatable bonds is 7. The largest absolute Gasteiger partial charge is 0.573 e. The molecule has 0 fully saturated rings. The Balaban J connectivity index is 1.83. The van der Waals surface area contributed by atoms with Crippen molar-refractivity contribution in [1.82, 2.24) is 19.7 Å². The van der Waals surface area contributed by atoms with Crippen LogP contribution >= 0.6 is 23.4 Å². The molecule has 0 amide bonds. The lowest BCUT2D eigenvalue weighted by Crippen LogP contribution is -2.20. The molecule has 160 valence electrons. The maximum absolute atomic E-state index is 12.3. The summed E-state index contributed by atoms with van der Waals surface area (Å²) in [5.41, 5.74) is 1.71. The minimum Gasteiger partial charge on any atom is -0.406 e. The number of benzene rings is 2. The predicted octanol–water partition coefficient (Wildman–Crippen LogP) is 5.73. The maximum atomic E-state index is 12.3. The highest BCUT2D eigenvalue weighted by Crippen LogP contribution is 2.30. The van der Waals surface area contributed by atoms with Gasteiger partial charge in [-0.05, 0) is 63.0 Å². The summed E-state index contributed by atoms with van der Waals surface area (Å²) >= 11 is 7.47. The van der Waals surface area contributed by atoms with E-state index in [2.05, 4.69) is 14.9 Å². The molecule has 1 aromatic heterocycles. The van der Waals surface area contributed by atoms with Gasteiger partial charge in [-0.1, -0.05) is 35.5 Å². The minimum atomic E-state index is -4.70. The van der Waals surface area contributed by atoms with E-state index in [9.17, 15) is 13.2 Å². The zero-order chi connectivity index (χ0) is 21.9. The monoisotopic (exact) mass is 456 g/mol. The second-order valence-corrected chi connectivity index (χ2v) is 8.15. The quantitative estimate of drug-likeness (QED) is 0.424. The first kappa shape index (κ1) is 22.5. The number of ether oxygens (including phenoxy) is 1. The summed E-state index contributed by atoms with van der Waals surface area (Å²) in [5.74, 6) is 1.04. The van der Waals surface area contributed by atoms with E-state index in [-0.39, 0.29) is 11.8 Å². The van der Waals surface area contributed by atoms with Crippen LogP contribution in [-0.2, 0) is 5.75 Å². The fraction of sp³-hybridized carbons (Fsp3) is 0.300. The molecule has 0 saturated heterocycles. The Labute approximate surface area is 181 Å². The van der Waals surface area contributed by atoms with Gasteiger partial charge < -0.3 is 4.74 Å². The second-order valence-electron chi connectivity index (χ2n) is 6.77. The third-order valence-electron chi connectivity index (χ3n) is 4.42. The van der Waals surface area contributed by atoms with Gasteiger partial charge in [0.15, 0.2) is 11.0 Å². The Morgan fingerprint density at radius 2 is 1.70 bits per heavy atom. The van der Waals surface area contributed by atoms with Crippen LogP contribution < -0.4 is 4.74 Å². The van der Waals surface area contributed by atoms with Crippen LogP contribution in [0.3, 0.4) is 0 Å². The van der Waals surface area contributed by atoms with Crippen molar-refractivity contribution in [2.45, 2.75) is 30.2 Å². The molecule has 1 atom stereocenters. The molecule has 0 bridgehead atoms. The molecule has 2 aromatic carbocycles. The van der Waals surface area contributed by atoms with Crippen molar-refractivity contribution >= 4 is 23.4 Å². The number of halogens is 4. The molecule has 0 aliphatic carbocycles. The summed E-state index contributed by atoms with van der Waals surface area (Å²) in [4.78, 5) is 2.03. The van der Waals surface area contributed by atoms with E-state index in [1.807, 2.05) is 42.6 Å². The van der Waals surface area contributed by atoms with Gasteiger partial charge in [-0.25, -0.2) is 0 Å². The molecule has 0 unspecified atom stereocenters. The van der Waals surface area contributed by atoms with Gasteiger partial charge in [-0.15, -0.1) is 23.4 Å². The van der Waals surface area contributed by atoms with Crippen LogP contribution in [-0.4, -0.2) is 40.1 Å². The van der Waals surface area contributed by atoms with Gasteiger partial charge in [0, 0.05) is 16.5 Å². The smallest absolute Gasteiger partial charge is 0.406 e. The summed E-state index contributed by atoms with van der Waals surface area (Å²) in [7, 11) is 3.92. The van der Waals surface area contributed by atoms with E-state index in [1.54, 1.807) is 24.3 Å². The Morgan fingerprint density at radius 1 is 1.07 bits per heavy atom. The molecule has 30 heavy (non-hydrogen) atoms. The molecule has 0 aliphatic rings. The molecule has 1 heterocycles. The Bertz CT molecular complexity index is 975. The molecule has 5 nitrogen and oxygen atoms in total. The Hall–Kier alpha value is -2.23. The van der Waals surface area contributed by atoms with Crippen molar-refractivity contribution in [2.24, 2.45) is 0 Å². The van der Waals surface area contributed by atoms with Crippen molar-refractivity contribution in [1.29, 1.82) is 0 Å². The molecular weight excluding hydrogens is 437 g/mol. The minimum absolute atomic E-state index is 0.0151. The van der Waals surface area contributed by atoms with Gasteiger partial charge in [0.25, 0.3) is 0 Å². The molecule has 10 heteroatoms.